The lowest BCUT2D eigenvalue weighted by molar-refractivity contribution is -0.0601. The molecule has 86 valence electrons. The van der Waals surface area contributed by atoms with Crippen LogP contribution in [0.3, 0.4) is 0 Å². The first-order valence-corrected chi connectivity index (χ1v) is 4.91. The lowest BCUT2D eigenvalue weighted by Gasteiger charge is -2.18. The molecule has 1 aliphatic rings. The van der Waals surface area contributed by atoms with Crippen molar-refractivity contribution in [3.8, 4) is 0 Å². The van der Waals surface area contributed by atoms with E-state index in [4.69, 9.17) is 0 Å². The summed E-state index contributed by atoms with van der Waals surface area (Å²) in [6, 6.07) is 8.79. The van der Waals surface area contributed by atoms with Crippen LogP contribution in [0.2, 0.25) is 0 Å². The van der Waals surface area contributed by atoms with Crippen LogP contribution < -0.4 is 0 Å². The number of hydrogen-bond acceptors (Lipinski definition) is 2. The Bertz CT molecular complexity index is 397. The number of alkyl halides is 3. The van der Waals surface area contributed by atoms with Gasteiger partial charge in [-0.2, -0.15) is 18.3 Å². The fourth-order valence-electron chi connectivity index (χ4n) is 1.80. The minimum absolute atomic E-state index is 0.0794. The van der Waals surface area contributed by atoms with E-state index < -0.39 is 11.9 Å². The van der Waals surface area contributed by atoms with Crippen LogP contribution in [0, 0.1) is 0 Å². The van der Waals surface area contributed by atoms with Gasteiger partial charge in [-0.3, -0.25) is 5.01 Å². The second-order valence-corrected chi connectivity index (χ2v) is 3.75. The molecule has 5 heteroatoms. The highest BCUT2D eigenvalue weighted by atomic mass is 19.4. The molecule has 0 aromatic heterocycles. The Kier molecular flexibility index (Phi) is 2.61. The predicted octanol–water partition coefficient (Wildman–Crippen LogP) is 2.98. The molecular formula is C11H11F3N2. The zero-order chi connectivity index (χ0) is 11.8. The molecule has 0 spiro atoms. The molecule has 1 atom stereocenters. The highest BCUT2D eigenvalue weighted by Gasteiger charge is 2.42. The van der Waals surface area contributed by atoms with Crippen molar-refractivity contribution in [2.75, 3.05) is 7.05 Å². The van der Waals surface area contributed by atoms with E-state index in [9.17, 15) is 13.2 Å². The Hall–Kier alpha value is -1.52. The zero-order valence-corrected chi connectivity index (χ0v) is 8.70. The van der Waals surface area contributed by atoms with E-state index in [0.29, 0.717) is 0 Å². The maximum atomic E-state index is 12.5. The summed E-state index contributed by atoms with van der Waals surface area (Å²) in [4.78, 5) is 0. The van der Waals surface area contributed by atoms with Gasteiger partial charge in [-0.1, -0.05) is 30.3 Å². The molecule has 16 heavy (non-hydrogen) atoms. The van der Waals surface area contributed by atoms with Gasteiger partial charge in [0.25, 0.3) is 0 Å². The van der Waals surface area contributed by atoms with Crippen molar-refractivity contribution < 1.29 is 13.2 Å². The molecule has 0 aliphatic carbocycles. The number of rotatable bonds is 1. The van der Waals surface area contributed by atoms with E-state index in [1.54, 1.807) is 7.05 Å². The summed E-state index contributed by atoms with van der Waals surface area (Å²) in [7, 11) is 1.57. The number of benzene rings is 1. The van der Waals surface area contributed by atoms with Gasteiger partial charge in [0.15, 0.2) is 0 Å². The van der Waals surface area contributed by atoms with Crippen molar-refractivity contribution in [2.45, 2.75) is 18.6 Å². The molecule has 0 radical (unpaired) electrons. The highest BCUT2D eigenvalue weighted by Crippen LogP contribution is 2.34. The molecule has 0 N–H and O–H groups in total. The van der Waals surface area contributed by atoms with Gasteiger partial charge in [-0.15, -0.1) is 0 Å². The van der Waals surface area contributed by atoms with E-state index in [0.717, 1.165) is 5.56 Å². The number of hydrazone groups is 1. The summed E-state index contributed by atoms with van der Waals surface area (Å²) in [5, 5.41) is 4.92. The summed E-state index contributed by atoms with van der Waals surface area (Å²) >= 11 is 0. The third kappa shape index (κ3) is 2.03. The van der Waals surface area contributed by atoms with E-state index in [1.807, 2.05) is 30.3 Å². The van der Waals surface area contributed by atoms with Gasteiger partial charge in [-0.05, 0) is 5.56 Å². The zero-order valence-electron chi connectivity index (χ0n) is 8.70. The molecule has 0 saturated carbocycles. The van der Waals surface area contributed by atoms with E-state index in [1.165, 1.54) is 5.01 Å². The van der Waals surface area contributed by atoms with Crippen molar-refractivity contribution in [2.24, 2.45) is 5.10 Å². The Balaban J connectivity index is 2.19. The standard InChI is InChI=1S/C11H11F3N2/c1-16-9(8-5-3-2-4-6-8)7-10(15-16)11(12,13)14/h2-6,9H,7H2,1H3/t9-/m0/s1. The van der Waals surface area contributed by atoms with Crippen LogP contribution in [0.5, 0.6) is 0 Å². The molecule has 0 unspecified atom stereocenters. The Morgan fingerprint density at radius 3 is 2.38 bits per heavy atom. The van der Waals surface area contributed by atoms with Crippen LogP contribution in [-0.2, 0) is 0 Å². The third-order valence-electron chi connectivity index (χ3n) is 2.63. The maximum absolute atomic E-state index is 12.5. The second kappa shape index (κ2) is 3.81. The first kappa shape index (κ1) is 11.0. The highest BCUT2D eigenvalue weighted by molar-refractivity contribution is 5.91. The topological polar surface area (TPSA) is 15.6 Å². The van der Waals surface area contributed by atoms with E-state index in [-0.39, 0.29) is 12.5 Å². The van der Waals surface area contributed by atoms with E-state index >= 15 is 0 Å². The average Bonchev–Trinajstić information content (AvgIpc) is 2.61. The van der Waals surface area contributed by atoms with Crippen LogP contribution in [-0.4, -0.2) is 23.9 Å². The molecule has 0 amide bonds. The van der Waals surface area contributed by atoms with Crippen molar-refractivity contribution in [1.29, 1.82) is 0 Å². The first-order chi connectivity index (χ1) is 7.48. The molecule has 0 fully saturated rings. The Morgan fingerprint density at radius 1 is 1.25 bits per heavy atom. The van der Waals surface area contributed by atoms with Gasteiger partial charge in [0.1, 0.15) is 5.71 Å². The number of hydrogen-bond donors (Lipinski definition) is 0. The molecule has 2 rings (SSSR count). The molecule has 1 aromatic rings. The lowest BCUT2D eigenvalue weighted by Crippen LogP contribution is -2.21. The van der Waals surface area contributed by atoms with Gasteiger partial charge in [-0.25, -0.2) is 0 Å². The smallest absolute Gasteiger partial charge is 0.292 e. The van der Waals surface area contributed by atoms with Gasteiger partial charge in [0, 0.05) is 13.5 Å². The second-order valence-electron chi connectivity index (χ2n) is 3.75. The maximum Gasteiger partial charge on any atom is 0.431 e. The van der Waals surface area contributed by atoms with Gasteiger partial charge < -0.3 is 0 Å². The predicted molar refractivity (Wildman–Crippen MR) is 55.1 cm³/mol. The van der Waals surface area contributed by atoms with Crippen LogP contribution >= 0.6 is 0 Å². The molecule has 1 aromatic carbocycles. The van der Waals surface area contributed by atoms with Crippen LogP contribution in [0.15, 0.2) is 35.4 Å². The fraction of sp³-hybridized carbons (Fsp3) is 0.364. The number of halogens is 3. The Morgan fingerprint density at radius 2 is 1.88 bits per heavy atom. The third-order valence-corrected chi connectivity index (χ3v) is 2.63. The molecule has 0 bridgehead atoms. The van der Waals surface area contributed by atoms with Crippen LogP contribution in [0.4, 0.5) is 13.2 Å². The van der Waals surface area contributed by atoms with Gasteiger partial charge in [0.05, 0.1) is 6.04 Å². The van der Waals surface area contributed by atoms with Crippen molar-refractivity contribution in [3.63, 3.8) is 0 Å². The summed E-state index contributed by atoms with van der Waals surface area (Å²) in [5.41, 5.74) is 0.150. The molecule has 1 aliphatic heterocycles. The minimum Gasteiger partial charge on any atom is -0.292 e. The summed E-state index contributed by atoms with van der Waals surface area (Å²) in [6.07, 6.45) is -4.40. The molecule has 1 heterocycles. The minimum atomic E-state index is -4.32. The number of nitrogens with zero attached hydrogens (tertiary/aromatic N) is 2. The Labute approximate surface area is 91.4 Å². The monoisotopic (exact) mass is 228 g/mol. The van der Waals surface area contributed by atoms with Crippen LogP contribution in [0.1, 0.15) is 18.0 Å². The molecule has 2 nitrogen and oxygen atoms in total. The fourth-order valence-corrected chi connectivity index (χ4v) is 1.80. The SMILES string of the molecule is CN1N=C(C(F)(F)F)C[C@H]1c1ccccc1. The van der Waals surface area contributed by atoms with Crippen LogP contribution in [0.25, 0.3) is 0 Å². The quantitative estimate of drug-likeness (QED) is 0.721. The normalized spacial score (nSPS) is 21.1. The largest absolute Gasteiger partial charge is 0.431 e. The average molecular weight is 228 g/mol. The molecular weight excluding hydrogens is 217 g/mol. The van der Waals surface area contributed by atoms with Crippen molar-refractivity contribution >= 4 is 5.71 Å². The summed E-state index contributed by atoms with van der Waals surface area (Å²) < 4.78 is 37.4. The van der Waals surface area contributed by atoms with Crippen molar-refractivity contribution in [1.82, 2.24) is 5.01 Å². The van der Waals surface area contributed by atoms with Gasteiger partial charge >= 0.3 is 6.18 Å². The lowest BCUT2D eigenvalue weighted by atomic mass is 10.0. The van der Waals surface area contributed by atoms with E-state index in [2.05, 4.69) is 5.10 Å². The first-order valence-electron chi connectivity index (χ1n) is 4.91. The summed E-state index contributed by atoms with van der Waals surface area (Å²) in [6.45, 7) is 0. The van der Waals surface area contributed by atoms with Crippen molar-refractivity contribution in [3.05, 3.63) is 35.9 Å². The summed E-state index contributed by atoms with van der Waals surface area (Å²) in [5.74, 6) is 0. The molecule has 0 saturated heterocycles. The van der Waals surface area contributed by atoms with Gasteiger partial charge in [0.2, 0.25) is 0 Å².